The summed E-state index contributed by atoms with van der Waals surface area (Å²) < 4.78 is 0. The highest BCUT2D eigenvalue weighted by molar-refractivity contribution is 5.95. The van der Waals surface area contributed by atoms with Gasteiger partial charge in [0.2, 0.25) is 5.91 Å². The van der Waals surface area contributed by atoms with Crippen LogP contribution < -0.4 is 10.6 Å². The van der Waals surface area contributed by atoms with Crippen LogP contribution >= 0.6 is 0 Å². The number of hydrogen-bond donors (Lipinski definition) is 2. The van der Waals surface area contributed by atoms with E-state index in [9.17, 15) is 4.79 Å². The minimum absolute atomic E-state index is 0.111. The molecule has 0 saturated carbocycles. The van der Waals surface area contributed by atoms with Crippen molar-refractivity contribution in [1.29, 1.82) is 0 Å². The monoisotopic (exact) mass is 219 g/mol. The van der Waals surface area contributed by atoms with Crippen molar-refractivity contribution in [2.75, 3.05) is 18.4 Å². The number of hydrogen-bond acceptors (Lipinski definition) is 3. The summed E-state index contributed by atoms with van der Waals surface area (Å²) >= 11 is 0. The third-order valence-electron chi connectivity index (χ3n) is 3.19. The Balaban J connectivity index is 2.02. The zero-order valence-electron chi connectivity index (χ0n) is 9.49. The zero-order chi connectivity index (χ0) is 11.4. The van der Waals surface area contributed by atoms with E-state index in [4.69, 9.17) is 0 Å². The smallest absolute Gasteiger partial charge is 0.230 e. The van der Waals surface area contributed by atoms with Crippen LogP contribution in [0.1, 0.15) is 19.8 Å². The molecule has 0 aliphatic carbocycles. The molecule has 1 saturated heterocycles. The summed E-state index contributed by atoms with van der Waals surface area (Å²) in [6.45, 7) is 3.87. The number of pyridine rings is 1. The van der Waals surface area contributed by atoms with Gasteiger partial charge in [-0.1, -0.05) is 6.92 Å². The van der Waals surface area contributed by atoms with Gasteiger partial charge in [-0.15, -0.1) is 0 Å². The first kappa shape index (κ1) is 11.1. The number of anilines is 1. The van der Waals surface area contributed by atoms with Gasteiger partial charge in [0, 0.05) is 23.5 Å². The topological polar surface area (TPSA) is 54.0 Å². The zero-order valence-corrected chi connectivity index (χ0v) is 9.49. The van der Waals surface area contributed by atoms with Gasteiger partial charge in [0.05, 0.1) is 0 Å². The van der Waals surface area contributed by atoms with Crippen molar-refractivity contribution in [2.24, 2.45) is 5.41 Å². The van der Waals surface area contributed by atoms with Crippen molar-refractivity contribution in [2.45, 2.75) is 19.8 Å². The fourth-order valence-corrected chi connectivity index (χ4v) is 1.92. The van der Waals surface area contributed by atoms with E-state index >= 15 is 0 Å². The average molecular weight is 219 g/mol. The molecule has 16 heavy (non-hydrogen) atoms. The van der Waals surface area contributed by atoms with Crippen molar-refractivity contribution in [3.05, 3.63) is 24.5 Å². The van der Waals surface area contributed by atoms with Gasteiger partial charge in [0.1, 0.15) is 0 Å². The van der Waals surface area contributed by atoms with Gasteiger partial charge in [-0.25, -0.2) is 0 Å². The summed E-state index contributed by atoms with van der Waals surface area (Å²) in [6.07, 6.45) is 5.15. The lowest BCUT2D eigenvalue weighted by Crippen LogP contribution is -2.42. The highest BCUT2D eigenvalue weighted by Gasteiger charge is 2.34. The van der Waals surface area contributed by atoms with Crippen LogP contribution in [-0.4, -0.2) is 24.0 Å². The molecule has 0 atom stereocenters. The van der Waals surface area contributed by atoms with E-state index in [-0.39, 0.29) is 11.3 Å². The molecule has 1 aliphatic rings. The van der Waals surface area contributed by atoms with Crippen molar-refractivity contribution >= 4 is 11.6 Å². The predicted molar refractivity (Wildman–Crippen MR) is 63.1 cm³/mol. The molecule has 1 aromatic heterocycles. The van der Waals surface area contributed by atoms with Gasteiger partial charge in [-0.05, 0) is 38.1 Å². The first-order chi connectivity index (χ1) is 7.71. The molecule has 2 rings (SSSR count). The largest absolute Gasteiger partial charge is 0.326 e. The van der Waals surface area contributed by atoms with Gasteiger partial charge in [-0.2, -0.15) is 0 Å². The fraction of sp³-hybridized carbons (Fsp3) is 0.500. The number of carbonyl (C=O) groups is 1. The Morgan fingerprint density at radius 2 is 2.00 bits per heavy atom. The maximum absolute atomic E-state index is 12.1. The van der Waals surface area contributed by atoms with Crippen LogP contribution in [0.25, 0.3) is 0 Å². The molecule has 1 amide bonds. The van der Waals surface area contributed by atoms with E-state index in [2.05, 4.69) is 15.6 Å². The highest BCUT2D eigenvalue weighted by Crippen LogP contribution is 2.29. The second-order valence-corrected chi connectivity index (χ2v) is 4.50. The SMILES string of the molecule is CC1(C(=O)Nc2ccncc2)CCNCC1. The molecule has 0 unspecified atom stereocenters. The number of amides is 1. The van der Waals surface area contributed by atoms with Crippen LogP contribution in [0.15, 0.2) is 24.5 Å². The lowest BCUT2D eigenvalue weighted by Gasteiger charge is -2.32. The summed E-state index contributed by atoms with van der Waals surface area (Å²) in [6, 6.07) is 3.62. The lowest BCUT2D eigenvalue weighted by atomic mass is 9.80. The first-order valence-electron chi connectivity index (χ1n) is 5.63. The first-order valence-corrected chi connectivity index (χ1v) is 5.63. The molecule has 4 heteroatoms. The van der Waals surface area contributed by atoms with Crippen molar-refractivity contribution in [1.82, 2.24) is 10.3 Å². The Labute approximate surface area is 95.5 Å². The van der Waals surface area contributed by atoms with Gasteiger partial charge in [-0.3, -0.25) is 9.78 Å². The number of carbonyl (C=O) groups excluding carboxylic acids is 1. The van der Waals surface area contributed by atoms with Crippen LogP contribution in [0.2, 0.25) is 0 Å². The molecule has 0 radical (unpaired) electrons. The molecule has 1 aliphatic heterocycles. The second-order valence-electron chi connectivity index (χ2n) is 4.50. The Kier molecular flexibility index (Phi) is 3.19. The third kappa shape index (κ3) is 2.39. The molecular formula is C12H17N3O. The Morgan fingerprint density at radius 1 is 1.38 bits per heavy atom. The van der Waals surface area contributed by atoms with Crippen LogP contribution in [0.3, 0.4) is 0 Å². The van der Waals surface area contributed by atoms with Crippen LogP contribution in [0, 0.1) is 5.41 Å². The molecule has 0 bridgehead atoms. The third-order valence-corrected chi connectivity index (χ3v) is 3.19. The summed E-state index contributed by atoms with van der Waals surface area (Å²) in [5, 5.41) is 6.21. The number of nitrogens with zero attached hydrogens (tertiary/aromatic N) is 1. The van der Waals surface area contributed by atoms with Gasteiger partial charge in [0.25, 0.3) is 0 Å². The second kappa shape index (κ2) is 4.61. The summed E-state index contributed by atoms with van der Waals surface area (Å²) in [7, 11) is 0. The van der Waals surface area contributed by atoms with E-state index in [0.29, 0.717) is 0 Å². The lowest BCUT2D eigenvalue weighted by molar-refractivity contribution is -0.126. The normalized spacial score (nSPS) is 19.1. The maximum Gasteiger partial charge on any atom is 0.230 e. The number of aromatic nitrogens is 1. The van der Waals surface area contributed by atoms with Crippen LogP contribution in [0.4, 0.5) is 5.69 Å². The highest BCUT2D eigenvalue weighted by atomic mass is 16.2. The van der Waals surface area contributed by atoms with E-state index < -0.39 is 0 Å². The Bertz CT molecular complexity index is 358. The van der Waals surface area contributed by atoms with Crippen LogP contribution in [-0.2, 0) is 4.79 Å². The summed E-state index contributed by atoms with van der Waals surface area (Å²) in [4.78, 5) is 16.1. The minimum Gasteiger partial charge on any atom is -0.326 e. The fourth-order valence-electron chi connectivity index (χ4n) is 1.92. The van der Waals surface area contributed by atoms with Crippen molar-refractivity contribution in [3.8, 4) is 0 Å². The molecule has 2 N–H and O–H groups in total. The van der Waals surface area contributed by atoms with Crippen LogP contribution in [0.5, 0.6) is 0 Å². The molecule has 1 aromatic rings. The number of nitrogens with one attached hydrogen (secondary N) is 2. The molecule has 4 nitrogen and oxygen atoms in total. The Hall–Kier alpha value is -1.42. The Morgan fingerprint density at radius 3 is 2.62 bits per heavy atom. The number of rotatable bonds is 2. The van der Waals surface area contributed by atoms with Gasteiger partial charge >= 0.3 is 0 Å². The molecule has 1 fully saturated rings. The van der Waals surface area contributed by atoms with E-state index in [0.717, 1.165) is 31.6 Å². The minimum atomic E-state index is -0.242. The van der Waals surface area contributed by atoms with E-state index in [1.54, 1.807) is 12.4 Å². The molecule has 86 valence electrons. The number of piperidine rings is 1. The van der Waals surface area contributed by atoms with Crippen molar-refractivity contribution in [3.63, 3.8) is 0 Å². The summed E-state index contributed by atoms with van der Waals surface area (Å²) in [5.74, 6) is 0.111. The summed E-state index contributed by atoms with van der Waals surface area (Å²) in [5.41, 5.74) is 0.578. The van der Waals surface area contributed by atoms with Gasteiger partial charge < -0.3 is 10.6 Å². The quantitative estimate of drug-likeness (QED) is 0.790. The van der Waals surface area contributed by atoms with E-state index in [1.807, 2.05) is 19.1 Å². The van der Waals surface area contributed by atoms with E-state index in [1.165, 1.54) is 0 Å². The molecular weight excluding hydrogens is 202 g/mol. The average Bonchev–Trinajstić information content (AvgIpc) is 2.31. The van der Waals surface area contributed by atoms with Gasteiger partial charge in [0.15, 0.2) is 0 Å². The molecule has 0 aromatic carbocycles. The predicted octanol–water partition coefficient (Wildman–Crippen LogP) is 1.41. The standard InChI is InChI=1S/C12H17N3O/c1-12(4-8-14-9-5-12)11(16)15-10-2-6-13-7-3-10/h2-3,6-7,14H,4-5,8-9H2,1H3,(H,13,15,16). The maximum atomic E-state index is 12.1. The molecule has 0 spiro atoms. The molecule has 2 heterocycles. The van der Waals surface area contributed by atoms with Crippen molar-refractivity contribution < 1.29 is 4.79 Å².